The highest BCUT2D eigenvalue weighted by Crippen LogP contribution is 2.26. The number of rotatable bonds is 3. The summed E-state index contributed by atoms with van der Waals surface area (Å²) in [5.41, 5.74) is 1.29. The lowest BCUT2D eigenvalue weighted by molar-refractivity contribution is 0.188. The third kappa shape index (κ3) is 2.95. The lowest BCUT2D eigenvalue weighted by Crippen LogP contribution is -2.22. The largest absolute Gasteiger partial charge is 0.392 e. The van der Waals surface area contributed by atoms with E-state index in [4.69, 9.17) is 0 Å². The van der Waals surface area contributed by atoms with E-state index in [2.05, 4.69) is 41.6 Å². The Kier molecular flexibility index (Phi) is 4.19. The molecule has 0 saturated carbocycles. The van der Waals surface area contributed by atoms with Crippen LogP contribution >= 0.6 is 22.6 Å². The first-order valence-electron chi connectivity index (χ1n) is 4.50. The van der Waals surface area contributed by atoms with Crippen molar-refractivity contribution in [2.75, 3.05) is 0 Å². The van der Waals surface area contributed by atoms with Gasteiger partial charge in [0.05, 0.1) is 6.10 Å². The Hall–Kier alpha value is -0.0900. The van der Waals surface area contributed by atoms with E-state index in [1.54, 1.807) is 0 Å². The number of aliphatic hydroxyl groups is 1. The van der Waals surface area contributed by atoms with Gasteiger partial charge in [-0.05, 0) is 18.4 Å². The van der Waals surface area contributed by atoms with Gasteiger partial charge in [0, 0.05) is 3.92 Å². The third-order valence-electron chi connectivity index (χ3n) is 2.26. The van der Waals surface area contributed by atoms with E-state index in [1.165, 1.54) is 5.56 Å². The first kappa shape index (κ1) is 11.0. The summed E-state index contributed by atoms with van der Waals surface area (Å²) in [4.78, 5) is 0. The molecule has 3 atom stereocenters. The van der Waals surface area contributed by atoms with Gasteiger partial charge in [0.2, 0.25) is 0 Å². The predicted molar refractivity (Wildman–Crippen MR) is 64.3 cm³/mol. The topological polar surface area (TPSA) is 20.2 Å². The minimum atomic E-state index is -0.254. The molecule has 0 fully saturated rings. The number of halogens is 1. The van der Waals surface area contributed by atoms with Gasteiger partial charge in [0.1, 0.15) is 0 Å². The summed E-state index contributed by atoms with van der Waals surface area (Å²) < 4.78 is 0.278. The Balaban J connectivity index is 2.73. The normalized spacial score (nSPS) is 17.8. The van der Waals surface area contributed by atoms with Gasteiger partial charge in [-0.2, -0.15) is 0 Å². The Bertz CT molecular complexity index is 246. The molecule has 72 valence electrons. The molecule has 0 spiro atoms. The highest BCUT2D eigenvalue weighted by molar-refractivity contribution is 14.1. The fourth-order valence-corrected chi connectivity index (χ4v) is 1.77. The molecule has 13 heavy (non-hydrogen) atoms. The molecule has 1 nitrogen and oxygen atoms in total. The van der Waals surface area contributed by atoms with Gasteiger partial charge >= 0.3 is 0 Å². The summed E-state index contributed by atoms with van der Waals surface area (Å²) in [6.45, 7) is 4.00. The minimum absolute atomic E-state index is 0.254. The van der Waals surface area contributed by atoms with Crippen molar-refractivity contribution in [1.29, 1.82) is 0 Å². The number of hydrogen-bond donors (Lipinski definition) is 1. The zero-order valence-electron chi connectivity index (χ0n) is 7.94. The second-order valence-electron chi connectivity index (χ2n) is 3.38. The molecule has 0 aliphatic rings. The molecule has 0 amide bonds. The number of hydrogen-bond acceptors (Lipinski definition) is 1. The molecule has 0 unspecified atom stereocenters. The fourth-order valence-electron chi connectivity index (χ4n) is 1.36. The second kappa shape index (κ2) is 4.96. The molecule has 0 bridgehead atoms. The van der Waals surface area contributed by atoms with Crippen LogP contribution in [0.2, 0.25) is 0 Å². The number of alkyl halides is 1. The summed E-state index contributed by atoms with van der Waals surface area (Å²) in [6, 6.07) is 10.3. The van der Waals surface area contributed by atoms with E-state index >= 15 is 0 Å². The van der Waals surface area contributed by atoms with E-state index in [-0.39, 0.29) is 10.0 Å². The van der Waals surface area contributed by atoms with Crippen LogP contribution in [0.3, 0.4) is 0 Å². The molecule has 1 aromatic rings. The van der Waals surface area contributed by atoms with Crippen molar-refractivity contribution in [3.05, 3.63) is 35.9 Å². The predicted octanol–water partition coefficient (Wildman–Crippen LogP) is 2.97. The van der Waals surface area contributed by atoms with Crippen LogP contribution in [0.15, 0.2) is 30.3 Å². The standard InChI is InChI=1S/C11H15IO/c1-8(11(12)9(2)13)10-6-4-3-5-7-10/h3-9,11,13H,1-2H3/t8-,9+,11+/m0/s1. The molecular weight excluding hydrogens is 275 g/mol. The van der Waals surface area contributed by atoms with Crippen LogP contribution < -0.4 is 0 Å². The molecule has 0 aromatic heterocycles. The average Bonchev–Trinajstić information content (AvgIpc) is 2.17. The maximum absolute atomic E-state index is 9.45. The van der Waals surface area contributed by atoms with E-state index in [0.29, 0.717) is 5.92 Å². The summed E-state index contributed by atoms with van der Waals surface area (Å²) in [5, 5.41) is 9.45. The molecule has 1 N–H and O–H groups in total. The Labute approximate surface area is 93.3 Å². The monoisotopic (exact) mass is 290 g/mol. The van der Waals surface area contributed by atoms with Crippen molar-refractivity contribution in [3.63, 3.8) is 0 Å². The van der Waals surface area contributed by atoms with Crippen LogP contribution in [0.4, 0.5) is 0 Å². The van der Waals surface area contributed by atoms with Gasteiger partial charge in [-0.25, -0.2) is 0 Å². The number of aliphatic hydroxyl groups excluding tert-OH is 1. The molecule has 1 rings (SSSR count). The maximum atomic E-state index is 9.45. The maximum Gasteiger partial charge on any atom is 0.0635 e. The summed E-state index contributed by atoms with van der Waals surface area (Å²) in [6.07, 6.45) is -0.254. The summed E-state index contributed by atoms with van der Waals surface area (Å²) in [7, 11) is 0. The van der Waals surface area contributed by atoms with Crippen LogP contribution in [0.5, 0.6) is 0 Å². The molecule has 0 saturated heterocycles. The highest BCUT2D eigenvalue weighted by atomic mass is 127. The van der Waals surface area contributed by atoms with Gasteiger partial charge in [-0.1, -0.05) is 59.8 Å². The van der Waals surface area contributed by atoms with Crippen LogP contribution in [-0.4, -0.2) is 15.1 Å². The van der Waals surface area contributed by atoms with E-state index in [1.807, 2.05) is 25.1 Å². The zero-order valence-corrected chi connectivity index (χ0v) is 10.1. The SMILES string of the molecule is C[C@@H](O)[C@H](I)[C@@H](C)c1ccccc1. The van der Waals surface area contributed by atoms with E-state index < -0.39 is 0 Å². The van der Waals surface area contributed by atoms with Gasteiger partial charge in [-0.15, -0.1) is 0 Å². The van der Waals surface area contributed by atoms with Crippen molar-refractivity contribution in [2.45, 2.75) is 29.8 Å². The zero-order chi connectivity index (χ0) is 9.84. The van der Waals surface area contributed by atoms with Crippen molar-refractivity contribution in [1.82, 2.24) is 0 Å². The smallest absolute Gasteiger partial charge is 0.0635 e. The van der Waals surface area contributed by atoms with E-state index in [0.717, 1.165) is 0 Å². The molecule has 0 radical (unpaired) electrons. The Morgan fingerprint density at radius 3 is 2.15 bits per heavy atom. The van der Waals surface area contributed by atoms with Crippen molar-refractivity contribution in [3.8, 4) is 0 Å². The average molecular weight is 290 g/mol. The van der Waals surface area contributed by atoms with Crippen LogP contribution in [0, 0.1) is 0 Å². The van der Waals surface area contributed by atoms with Gasteiger partial charge < -0.3 is 5.11 Å². The van der Waals surface area contributed by atoms with Gasteiger partial charge in [0.15, 0.2) is 0 Å². The fraction of sp³-hybridized carbons (Fsp3) is 0.455. The molecule has 0 aliphatic carbocycles. The molecule has 0 heterocycles. The second-order valence-corrected chi connectivity index (χ2v) is 4.82. The lowest BCUT2D eigenvalue weighted by Gasteiger charge is -2.21. The van der Waals surface area contributed by atoms with Crippen molar-refractivity contribution in [2.24, 2.45) is 0 Å². The number of benzene rings is 1. The molecule has 2 heteroatoms. The van der Waals surface area contributed by atoms with E-state index in [9.17, 15) is 5.11 Å². The van der Waals surface area contributed by atoms with Crippen LogP contribution in [0.25, 0.3) is 0 Å². The Morgan fingerprint density at radius 2 is 1.69 bits per heavy atom. The quantitative estimate of drug-likeness (QED) is 0.670. The van der Waals surface area contributed by atoms with Crippen LogP contribution in [0.1, 0.15) is 25.3 Å². The van der Waals surface area contributed by atoms with Gasteiger partial charge in [0.25, 0.3) is 0 Å². The van der Waals surface area contributed by atoms with Crippen molar-refractivity contribution >= 4 is 22.6 Å². The lowest BCUT2D eigenvalue weighted by atomic mass is 9.96. The molecule has 1 aromatic carbocycles. The first-order valence-corrected chi connectivity index (χ1v) is 5.74. The van der Waals surface area contributed by atoms with Crippen molar-refractivity contribution < 1.29 is 5.11 Å². The minimum Gasteiger partial charge on any atom is -0.392 e. The summed E-state index contributed by atoms with van der Waals surface area (Å²) in [5.74, 6) is 0.404. The summed E-state index contributed by atoms with van der Waals surface area (Å²) >= 11 is 2.31. The van der Waals surface area contributed by atoms with Gasteiger partial charge in [-0.3, -0.25) is 0 Å². The molecule has 0 aliphatic heterocycles. The molecular formula is C11H15IO. The Morgan fingerprint density at radius 1 is 1.15 bits per heavy atom. The highest BCUT2D eigenvalue weighted by Gasteiger charge is 2.19. The first-order chi connectivity index (χ1) is 6.13. The van der Waals surface area contributed by atoms with Crippen LogP contribution in [-0.2, 0) is 0 Å². The third-order valence-corrected chi connectivity index (χ3v) is 4.38.